The van der Waals surface area contributed by atoms with Crippen LogP contribution in [0.1, 0.15) is 33.6 Å². The molecule has 0 aliphatic carbocycles. The maximum absolute atomic E-state index is 12.4. The molecule has 3 amide bonds. The number of nitrogens with one attached hydrogen (secondary N) is 1. The fourth-order valence-electron chi connectivity index (χ4n) is 3.04. The van der Waals surface area contributed by atoms with Gasteiger partial charge in [-0.1, -0.05) is 6.07 Å². The molecule has 0 atom stereocenters. The van der Waals surface area contributed by atoms with E-state index >= 15 is 0 Å². The van der Waals surface area contributed by atoms with Crippen molar-refractivity contribution in [3.05, 3.63) is 53.6 Å². The molecule has 152 valence electrons. The Balaban J connectivity index is 1.61. The molecule has 0 radical (unpaired) electrons. The third-order valence-electron chi connectivity index (χ3n) is 4.63. The summed E-state index contributed by atoms with van der Waals surface area (Å²) in [5.74, 6) is -0.981. The van der Waals surface area contributed by atoms with E-state index in [0.29, 0.717) is 5.75 Å². The van der Waals surface area contributed by atoms with E-state index in [4.69, 9.17) is 4.74 Å². The molecule has 0 saturated heterocycles. The van der Waals surface area contributed by atoms with Crippen molar-refractivity contribution < 1.29 is 27.5 Å². The van der Waals surface area contributed by atoms with Crippen molar-refractivity contribution in [2.45, 2.75) is 17.7 Å². The van der Waals surface area contributed by atoms with Gasteiger partial charge < -0.3 is 10.1 Å². The average molecular weight is 416 g/mol. The Bertz CT molecular complexity index is 1080. The number of hydrogen-bond donors (Lipinski definition) is 1. The normalized spacial score (nSPS) is 13.4. The Labute approximate surface area is 168 Å². The summed E-state index contributed by atoms with van der Waals surface area (Å²) in [4.78, 5) is 37.6. The van der Waals surface area contributed by atoms with Gasteiger partial charge in [-0.3, -0.25) is 19.3 Å². The molecule has 1 aliphatic rings. The fourth-order valence-corrected chi connectivity index (χ4v) is 4.35. The largest absolute Gasteiger partial charge is 0.497 e. The highest BCUT2D eigenvalue weighted by Gasteiger charge is 2.35. The molecule has 1 heterocycles. The topological polar surface area (TPSA) is 110 Å². The van der Waals surface area contributed by atoms with Crippen LogP contribution >= 0.6 is 0 Å². The summed E-state index contributed by atoms with van der Waals surface area (Å²) in [7, 11) is -0.661. The summed E-state index contributed by atoms with van der Waals surface area (Å²) >= 11 is 0. The molecular formula is C20H20N2O6S. The predicted octanol–water partition coefficient (Wildman–Crippen LogP) is 2.11. The Hall–Kier alpha value is -3.20. The minimum absolute atomic E-state index is 0.0446. The van der Waals surface area contributed by atoms with E-state index in [1.807, 2.05) is 0 Å². The highest BCUT2D eigenvalue weighted by Crippen LogP contribution is 2.28. The number of methoxy groups -OCH3 is 1. The number of carbonyl (C=O) groups excluding carboxylic acids is 3. The third-order valence-corrected chi connectivity index (χ3v) is 6.44. The Morgan fingerprint density at radius 2 is 1.76 bits per heavy atom. The molecule has 8 nitrogen and oxygen atoms in total. The molecule has 9 heteroatoms. The summed E-state index contributed by atoms with van der Waals surface area (Å²) in [6.45, 7) is 0. The number of amides is 3. The van der Waals surface area contributed by atoms with Gasteiger partial charge in [0.2, 0.25) is 5.91 Å². The number of carbonyl (C=O) groups is 3. The van der Waals surface area contributed by atoms with Crippen molar-refractivity contribution in [2.24, 2.45) is 0 Å². The molecule has 3 rings (SSSR count). The van der Waals surface area contributed by atoms with Crippen LogP contribution in [0.4, 0.5) is 5.69 Å². The van der Waals surface area contributed by atoms with E-state index in [1.165, 1.54) is 38.4 Å². The lowest BCUT2D eigenvalue weighted by Gasteiger charge is -2.09. The lowest BCUT2D eigenvalue weighted by atomic mass is 10.1. The highest BCUT2D eigenvalue weighted by molar-refractivity contribution is 7.91. The van der Waals surface area contributed by atoms with Crippen molar-refractivity contribution in [3.63, 3.8) is 0 Å². The molecule has 1 N–H and O–H groups in total. The standard InChI is InChI=1S/C20H20N2O6S/c1-22-19(24)15-5-3-6-16(18(15)20(22)25)21-17(23)7-4-12-29(26,27)14-10-8-13(28-2)9-11-14/h3,5-6,8-11H,4,7,12H2,1-2H3,(H,21,23). The van der Waals surface area contributed by atoms with E-state index in [2.05, 4.69) is 5.32 Å². The van der Waals surface area contributed by atoms with Crippen molar-refractivity contribution in [3.8, 4) is 5.75 Å². The Morgan fingerprint density at radius 1 is 1.07 bits per heavy atom. The van der Waals surface area contributed by atoms with Gasteiger partial charge in [0.1, 0.15) is 5.75 Å². The second-order valence-electron chi connectivity index (χ2n) is 6.54. The van der Waals surface area contributed by atoms with Gasteiger partial charge in [0.05, 0.1) is 34.6 Å². The first-order chi connectivity index (χ1) is 13.7. The highest BCUT2D eigenvalue weighted by atomic mass is 32.2. The molecule has 0 saturated carbocycles. The fraction of sp³-hybridized carbons (Fsp3) is 0.250. The molecule has 0 spiro atoms. The van der Waals surface area contributed by atoms with Gasteiger partial charge in [-0.05, 0) is 42.8 Å². The zero-order valence-electron chi connectivity index (χ0n) is 16.0. The molecular weight excluding hydrogens is 396 g/mol. The molecule has 0 bridgehead atoms. The molecule has 2 aromatic rings. The molecule has 0 aromatic heterocycles. The lowest BCUT2D eigenvalue weighted by Crippen LogP contribution is -2.24. The summed E-state index contributed by atoms with van der Waals surface area (Å²) in [6, 6.07) is 10.7. The van der Waals surface area contributed by atoms with Crippen LogP contribution < -0.4 is 10.1 Å². The second kappa shape index (κ2) is 8.04. The Morgan fingerprint density at radius 3 is 2.41 bits per heavy atom. The second-order valence-corrected chi connectivity index (χ2v) is 8.65. The zero-order chi connectivity index (χ0) is 21.2. The summed E-state index contributed by atoms with van der Waals surface area (Å²) in [5, 5.41) is 2.60. The van der Waals surface area contributed by atoms with Crippen molar-refractivity contribution in [2.75, 3.05) is 25.2 Å². The van der Waals surface area contributed by atoms with Gasteiger partial charge in [0.15, 0.2) is 9.84 Å². The molecule has 2 aromatic carbocycles. The van der Waals surface area contributed by atoms with E-state index in [-0.39, 0.29) is 40.3 Å². The van der Waals surface area contributed by atoms with Gasteiger partial charge in [-0.25, -0.2) is 8.42 Å². The number of fused-ring (bicyclic) bond motifs is 1. The predicted molar refractivity (Wildman–Crippen MR) is 106 cm³/mol. The number of hydrogen-bond acceptors (Lipinski definition) is 6. The molecule has 0 fully saturated rings. The van der Waals surface area contributed by atoms with Crippen molar-refractivity contribution in [1.29, 1.82) is 0 Å². The number of sulfone groups is 1. The average Bonchev–Trinajstić information content (AvgIpc) is 2.93. The van der Waals surface area contributed by atoms with Gasteiger partial charge >= 0.3 is 0 Å². The van der Waals surface area contributed by atoms with Crippen LogP contribution in [0.3, 0.4) is 0 Å². The number of benzene rings is 2. The molecule has 1 aliphatic heterocycles. The summed E-state index contributed by atoms with van der Waals surface area (Å²) in [5.41, 5.74) is 0.629. The van der Waals surface area contributed by atoms with Gasteiger partial charge in [-0.15, -0.1) is 0 Å². The number of imide groups is 1. The summed E-state index contributed by atoms with van der Waals surface area (Å²) in [6.07, 6.45) is 0.0685. The third kappa shape index (κ3) is 4.14. The van der Waals surface area contributed by atoms with Crippen LogP contribution in [-0.4, -0.2) is 50.9 Å². The van der Waals surface area contributed by atoms with Crippen LogP contribution in [-0.2, 0) is 14.6 Å². The maximum Gasteiger partial charge on any atom is 0.263 e. The van der Waals surface area contributed by atoms with E-state index in [0.717, 1.165) is 4.90 Å². The first-order valence-corrected chi connectivity index (χ1v) is 10.5. The number of nitrogens with zero attached hydrogens (tertiary/aromatic N) is 1. The van der Waals surface area contributed by atoms with Crippen LogP contribution in [0.15, 0.2) is 47.4 Å². The van der Waals surface area contributed by atoms with Crippen LogP contribution in [0, 0.1) is 0 Å². The van der Waals surface area contributed by atoms with Crippen LogP contribution in [0.5, 0.6) is 5.75 Å². The number of ether oxygens (including phenoxy) is 1. The van der Waals surface area contributed by atoms with Gasteiger partial charge in [0.25, 0.3) is 11.8 Å². The van der Waals surface area contributed by atoms with Crippen LogP contribution in [0.2, 0.25) is 0 Å². The van der Waals surface area contributed by atoms with E-state index < -0.39 is 27.6 Å². The van der Waals surface area contributed by atoms with Crippen molar-refractivity contribution in [1.82, 2.24) is 4.90 Å². The van der Waals surface area contributed by atoms with Gasteiger partial charge in [0, 0.05) is 13.5 Å². The maximum atomic E-state index is 12.4. The first-order valence-electron chi connectivity index (χ1n) is 8.86. The minimum Gasteiger partial charge on any atom is -0.497 e. The zero-order valence-corrected chi connectivity index (χ0v) is 16.8. The van der Waals surface area contributed by atoms with Gasteiger partial charge in [-0.2, -0.15) is 0 Å². The number of anilines is 1. The number of rotatable bonds is 7. The van der Waals surface area contributed by atoms with E-state index in [9.17, 15) is 22.8 Å². The van der Waals surface area contributed by atoms with E-state index in [1.54, 1.807) is 18.2 Å². The molecule has 29 heavy (non-hydrogen) atoms. The minimum atomic E-state index is -3.53. The van der Waals surface area contributed by atoms with Crippen molar-refractivity contribution >= 4 is 33.2 Å². The smallest absolute Gasteiger partial charge is 0.263 e. The first kappa shape index (κ1) is 20.5. The monoisotopic (exact) mass is 416 g/mol. The van der Waals surface area contributed by atoms with Crippen LogP contribution in [0.25, 0.3) is 0 Å². The Kier molecular flexibility index (Phi) is 5.69. The quantitative estimate of drug-likeness (QED) is 0.693. The SMILES string of the molecule is COc1ccc(S(=O)(=O)CCCC(=O)Nc2cccc3c2C(=O)N(C)C3=O)cc1. The lowest BCUT2D eigenvalue weighted by molar-refractivity contribution is -0.116. The summed E-state index contributed by atoms with van der Waals surface area (Å²) < 4.78 is 29.8. The molecule has 0 unspecified atom stereocenters.